The van der Waals surface area contributed by atoms with Crippen molar-refractivity contribution in [1.82, 2.24) is 0 Å². The normalized spacial score (nSPS) is 15.9. The second kappa shape index (κ2) is 9.79. The van der Waals surface area contributed by atoms with E-state index in [9.17, 15) is 5.11 Å². The zero-order valence-electron chi connectivity index (χ0n) is 15.8. The first-order valence-electron chi connectivity index (χ1n) is 9.57. The SMILES string of the molecule is CCCCCCCOc1ccc2c(c1)CC=CC=C2C[C@](C)(N)CO. The van der Waals surface area contributed by atoms with Crippen LogP contribution < -0.4 is 10.5 Å². The van der Waals surface area contributed by atoms with Crippen LogP contribution in [0, 0.1) is 0 Å². The van der Waals surface area contributed by atoms with E-state index in [0.717, 1.165) is 25.2 Å². The molecular formula is C22H33NO2. The minimum Gasteiger partial charge on any atom is -0.494 e. The van der Waals surface area contributed by atoms with Crippen molar-refractivity contribution in [1.29, 1.82) is 0 Å². The van der Waals surface area contributed by atoms with E-state index < -0.39 is 5.54 Å². The van der Waals surface area contributed by atoms with Crippen LogP contribution in [-0.2, 0) is 6.42 Å². The number of fused-ring (bicyclic) bond motifs is 1. The molecule has 1 aromatic rings. The van der Waals surface area contributed by atoms with Crippen LogP contribution in [0.1, 0.15) is 63.5 Å². The molecule has 0 radical (unpaired) electrons. The number of unbranched alkanes of at least 4 members (excludes halogenated alkanes) is 4. The molecule has 25 heavy (non-hydrogen) atoms. The zero-order valence-corrected chi connectivity index (χ0v) is 15.8. The molecule has 0 bridgehead atoms. The molecule has 0 saturated heterocycles. The van der Waals surface area contributed by atoms with Crippen LogP contribution in [0.15, 0.2) is 36.4 Å². The highest BCUT2D eigenvalue weighted by molar-refractivity contribution is 5.72. The molecule has 0 aliphatic heterocycles. The average molecular weight is 344 g/mol. The zero-order chi connectivity index (χ0) is 18.1. The first kappa shape index (κ1) is 19.7. The van der Waals surface area contributed by atoms with Gasteiger partial charge in [-0.05, 0) is 55.0 Å². The molecule has 138 valence electrons. The maximum Gasteiger partial charge on any atom is 0.119 e. The molecule has 1 aliphatic carbocycles. The molecule has 1 atom stereocenters. The fraction of sp³-hybridized carbons (Fsp3) is 0.545. The summed E-state index contributed by atoms with van der Waals surface area (Å²) in [5.74, 6) is 0.946. The van der Waals surface area contributed by atoms with Gasteiger partial charge in [0.25, 0.3) is 0 Å². The average Bonchev–Trinajstić information content (AvgIpc) is 2.79. The Hall–Kier alpha value is -1.58. The number of aliphatic hydroxyl groups excluding tert-OH is 1. The highest BCUT2D eigenvalue weighted by Crippen LogP contribution is 2.31. The summed E-state index contributed by atoms with van der Waals surface area (Å²) in [6.07, 6.45) is 14.1. The van der Waals surface area contributed by atoms with Gasteiger partial charge < -0.3 is 15.6 Å². The molecule has 0 unspecified atom stereocenters. The molecule has 0 heterocycles. The highest BCUT2D eigenvalue weighted by Gasteiger charge is 2.21. The largest absolute Gasteiger partial charge is 0.494 e. The van der Waals surface area contributed by atoms with E-state index in [1.54, 1.807) is 0 Å². The van der Waals surface area contributed by atoms with Gasteiger partial charge in [0.15, 0.2) is 0 Å². The van der Waals surface area contributed by atoms with Gasteiger partial charge in [-0.3, -0.25) is 0 Å². The molecule has 1 aliphatic rings. The number of rotatable bonds is 10. The summed E-state index contributed by atoms with van der Waals surface area (Å²) < 4.78 is 5.94. The summed E-state index contributed by atoms with van der Waals surface area (Å²) in [5, 5.41) is 9.47. The minimum absolute atomic E-state index is 0.0252. The molecule has 0 spiro atoms. The summed E-state index contributed by atoms with van der Waals surface area (Å²) >= 11 is 0. The van der Waals surface area contributed by atoms with Crippen LogP contribution >= 0.6 is 0 Å². The van der Waals surface area contributed by atoms with Gasteiger partial charge in [-0.1, -0.05) is 56.9 Å². The molecule has 3 heteroatoms. The Morgan fingerprint density at radius 2 is 2.00 bits per heavy atom. The number of nitrogens with two attached hydrogens (primary N) is 1. The van der Waals surface area contributed by atoms with E-state index in [0.29, 0.717) is 6.42 Å². The number of aliphatic hydroxyl groups is 1. The number of hydrogen-bond acceptors (Lipinski definition) is 3. The first-order valence-corrected chi connectivity index (χ1v) is 9.57. The van der Waals surface area contributed by atoms with E-state index in [2.05, 4.69) is 43.4 Å². The van der Waals surface area contributed by atoms with Gasteiger partial charge in [0.05, 0.1) is 13.2 Å². The van der Waals surface area contributed by atoms with Crippen LogP contribution in [0.5, 0.6) is 5.75 Å². The molecule has 3 N–H and O–H groups in total. The van der Waals surface area contributed by atoms with Crippen molar-refractivity contribution in [2.75, 3.05) is 13.2 Å². The van der Waals surface area contributed by atoms with Crippen molar-refractivity contribution in [2.24, 2.45) is 5.73 Å². The second-order valence-corrected chi connectivity index (χ2v) is 7.39. The lowest BCUT2D eigenvalue weighted by atomic mass is 9.88. The maximum atomic E-state index is 9.47. The quantitative estimate of drug-likeness (QED) is 0.609. The van der Waals surface area contributed by atoms with Crippen LogP contribution in [-0.4, -0.2) is 23.9 Å². The van der Waals surface area contributed by atoms with Gasteiger partial charge in [0, 0.05) is 5.54 Å². The van der Waals surface area contributed by atoms with E-state index in [4.69, 9.17) is 10.5 Å². The van der Waals surface area contributed by atoms with E-state index in [1.165, 1.54) is 42.4 Å². The number of ether oxygens (including phenoxy) is 1. The Kier molecular flexibility index (Phi) is 7.73. The van der Waals surface area contributed by atoms with Crippen molar-refractivity contribution in [3.63, 3.8) is 0 Å². The Morgan fingerprint density at radius 3 is 2.76 bits per heavy atom. The number of benzene rings is 1. The van der Waals surface area contributed by atoms with Crippen LogP contribution in [0.4, 0.5) is 0 Å². The lowest BCUT2D eigenvalue weighted by Gasteiger charge is -2.24. The summed E-state index contributed by atoms with van der Waals surface area (Å²) in [6.45, 7) is 4.88. The Morgan fingerprint density at radius 1 is 1.20 bits per heavy atom. The predicted octanol–water partition coefficient (Wildman–Crippen LogP) is 4.63. The fourth-order valence-electron chi connectivity index (χ4n) is 3.15. The monoisotopic (exact) mass is 343 g/mol. The summed E-state index contributed by atoms with van der Waals surface area (Å²) in [4.78, 5) is 0. The first-order chi connectivity index (χ1) is 12.1. The molecule has 2 rings (SSSR count). The summed E-state index contributed by atoms with van der Waals surface area (Å²) in [6, 6.07) is 6.34. The summed E-state index contributed by atoms with van der Waals surface area (Å²) in [7, 11) is 0. The van der Waals surface area contributed by atoms with Gasteiger partial charge in [0.2, 0.25) is 0 Å². The van der Waals surface area contributed by atoms with Crippen LogP contribution in [0.2, 0.25) is 0 Å². The third-order valence-corrected chi connectivity index (χ3v) is 4.67. The van der Waals surface area contributed by atoms with Crippen molar-refractivity contribution >= 4 is 5.57 Å². The topological polar surface area (TPSA) is 55.5 Å². The Balaban J connectivity index is 2.00. The molecule has 0 fully saturated rings. The minimum atomic E-state index is -0.602. The third-order valence-electron chi connectivity index (χ3n) is 4.67. The maximum absolute atomic E-state index is 9.47. The van der Waals surface area contributed by atoms with Gasteiger partial charge in [0.1, 0.15) is 5.75 Å². The second-order valence-electron chi connectivity index (χ2n) is 7.39. The Bertz CT molecular complexity index is 602. The number of hydrogen-bond donors (Lipinski definition) is 2. The summed E-state index contributed by atoms with van der Waals surface area (Å²) in [5.41, 5.74) is 9.21. The van der Waals surface area contributed by atoms with Crippen molar-refractivity contribution in [2.45, 2.75) is 64.3 Å². The highest BCUT2D eigenvalue weighted by atomic mass is 16.5. The van der Waals surface area contributed by atoms with Gasteiger partial charge >= 0.3 is 0 Å². The van der Waals surface area contributed by atoms with Crippen molar-refractivity contribution in [3.05, 3.63) is 47.6 Å². The van der Waals surface area contributed by atoms with E-state index >= 15 is 0 Å². The predicted molar refractivity (Wildman–Crippen MR) is 106 cm³/mol. The number of allylic oxidation sites excluding steroid dienone is 3. The third kappa shape index (κ3) is 6.33. The lowest BCUT2D eigenvalue weighted by Crippen LogP contribution is -2.40. The molecule has 0 aromatic heterocycles. The van der Waals surface area contributed by atoms with Crippen molar-refractivity contribution < 1.29 is 9.84 Å². The van der Waals surface area contributed by atoms with E-state index in [-0.39, 0.29) is 6.61 Å². The van der Waals surface area contributed by atoms with Crippen molar-refractivity contribution in [3.8, 4) is 5.75 Å². The molecule has 3 nitrogen and oxygen atoms in total. The lowest BCUT2D eigenvalue weighted by molar-refractivity contribution is 0.212. The van der Waals surface area contributed by atoms with E-state index in [1.807, 2.05) is 6.92 Å². The van der Waals surface area contributed by atoms with Gasteiger partial charge in [-0.2, -0.15) is 0 Å². The van der Waals surface area contributed by atoms with Crippen LogP contribution in [0.3, 0.4) is 0 Å². The standard InChI is InChI=1S/C22H33NO2/c1-3-4-5-6-9-14-25-20-12-13-21-18(15-20)10-7-8-11-19(21)16-22(2,23)17-24/h7-8,11-13,15,24H,3-6,9-10,14,16-17,23H2,1-2H3/t22-/m0/s1. The molecular weight excluding hydrogens is 310 g/mol. The molecule has 0 saturated carbocycles. The molecule has 1 aromatic carbocycles. The fourth-order valence-corrected chi connectivity index (χ4v) is 3.15. The van der Waals surface area contributed by atoms with Gasteiger partial charge in [-0.25, -0.2) is 0 Å². The van der Waals surface area contributed by atoms with Gasteiger partial charge in [-0.15, -0.1) is 0 Å². The molecule has 0 amide bonds. The Labute approximate surface area is 152 Å². The van der Waals surface area contributed by atoms with Crippen LogP contribution in [0.25, 0.3) is 5.57 Å². The smallest absolute Gasteiger partial charge is 0.119 e.